The zero-order valence-corrected chi connectivity index (χ0v) is 13.1. The number of methoxy groups -OCH3 is 1. The molecule has 0 aliphatic carbocycles. The molecule has 0 aliphatic rings. The molecule has 0 spiro atoms. The zero-order chi connectivity index (χ0) is 15.7. The van der Waals surface area contributed by atoms with Crippen LogP contribution in [0.1, 0.15) is 19.4 Å². The van der Waals surface area contributed by atoms with E-state index in [9.17, 15) is 0 Å². The molecule has 0 atom stereocenters. The van der Waals surface area contributed by atoms with Crippen LogP contribution in [0.5, 0.6) is 11.8 Å². The van der Waals surface area contributed by atoms with Crippen LogP contribution in [0, 0.1) is 6.92 Å². The van der Waals surface area contributed by atoms with Gasteiger partial charge >= 0.3 is 0 Å². The summed E-state index contributed by atoms with van der Waals surface area (Å²) >= 11 is 0. The van der Waals surface area contributed by atoms with Gasteiger partial charge in [-0.15, -0.1) is 0 Å². The Morgan fingerprint density at radius 3 is 2.64 bits per heavy atom. The van der Waals surface area contributed by atoms with E-state index in [0.29, 0.717) is 17.4 Å². The maximum absolute atomic E-state index is 5.71. The molecule has 6 nitrogen and oxygen atoms in total. The third kappa shape index (κ3) is 2.47. The van der Waals surface area contributed by atoms with Crippen LogP contribution >= 0.6 is 0 Å². The molecule has 0 saturated carbocycles. The summed E-state index contributed by atoms with van der Waals surface area (Å²) in [4.78, 5) is 13.0. The second-order valence-electron chi connectivity index (χ2n) is 5.28. The molecule has 6 heteroatoms. The fourth-order valence-corrected chi connectivity index (χ4v) is 2.31. The van der Waals surface area contributed by atoms with Crippen LogP contribution < -0.4 is 9.47 Å². The molecule has 0 unspecified atom stereocenters. The van der Waals surface area contributed by atoms with Crippen LogP contribution in [0.3, 0.4) is 0 Å². The van der Waals surface area contributed by atoms with Crippen LogP contribution in [-0.4, -0.2) is 32.6 Å². The van der Waals surface area contributed by atoms with E-state index < -0.39 is 0 Å². The maximum atomic E-state index is 5.71. The van der Waals surface area contributed by atoms with E-state index in [4.69, 9.17) is 9.47 Å². The van der Waals surface area contributed by atoms with Crippen molar-refractivity contribution >= 4 is 5.65 Å². The molecule has 3 heterocycles. The molecular formula is C16H18N4O2. The van der Waals surface area contributed by atoms with Crippen LogP contribution in [0.2, 0.25) is 0 Å². The topological polar surface area (TPSA) is 61.5 Å². The van der Waals surface area contributed by atoms with Crippen LogP contribution in [-0.2, 0) is 0 Å². The first-order chi connectivity index (χ1) is 10.6. The second-order valence-corrected chi connectivity index (χ2v) is 5.28. The molecule has 3 rings (SSSR count). The lowest BCUT2D eigenvalue weighted by atomic mass is 10.1. The number of imidazole rings is 1. The Morgan fingerprint density at radius 2 is 1.95 bits per heavy atom. The molecule has 0 N–H and O–H groups in total. The number of aryl methyl sites for hydroxylation is 1. The van der Waals surface area contributed by atoms with Gasteiger partial charge in [-0.05, 0) is 26.3 Å². The minimum atomic E-state index is 0.0447. The van der Waals surface area contributed by atoms with Gasteiger partial charge < -0.3 is 9.47 Å². The molecule has 22 heavy (non-hydrogen) atoms. The Labute approximate surface area is 128 Å². The number of ether oxygens (including phenoxy) is 2. The van der Waals surface area contributed by atoms with Gasteiger partial charge in [-0.2, -0.15) is 0 Å². The van der Waals surface area contributed by atoms with Crippen LogP contribution in [0.15, 0.2) is 30.9 Å². The lowest BCUT2D eigenvalue weighted by molar-refractivity contribution is 0.234. The summed E-state index contributed by atoms with van der Waals surface area (Å²) in [5, 5.41) is 0. The summed E-state index contributed by atoms with van der Waals surface area (Å²) in [5.41, 5.74) is 3.70. The predicted octanol–water partition coefficient (Wildman–Crippen LogP) is 2.90. The Balaban J connectivity index is 2.13. The number of fused-ring (bicyclic) bond motifs is 1. The van der Waals surface area contributed by atoms with Gasteiger partial charge in [0, 0.05) is 30.2 Å². The van der Waals surface area contributed by atoms with Gasteiger partial charge in [-0.1, -0.05) is 0 Å². The normalized spacial score (nSPS) is 11.1. The van der Waals surface area contributed by atoms with Gasteiger partial charge in [-0.3, -0.25) is 4.40 Å². The van der Waals surface area contributed by atoms with Crippen molar-refractivity contribution in [3.05, 3.63) is 36.4 Å². The molecule has 3 aromatic heterocycles. The average Bonchev–Trinajstić information content (AvgIpc) is 2.91. The van der Waals surface area contributed by atoms with Crippen LogP contribution in [0.4, 0.5) is 0 Å². The van der Waals surface area contributed by atoms with Gasteiger partial charge in [0.1, 0.15) is 0 Å². The summed E-state index contributed by atoms with van der Waals surface area (Å²) in [6.07, 6.45) is 7.22. The lowest BCUT2D eigenvalue weighted by Gasteiger charge is -2.10. The highest BCUT2D eigenvalue weighted by Crippen LogP contribution is 2.28. The minimum absolute atomic E-state index is 0.0447. The molecule has 0 amide bonds. The molecule has 0 aromatic carbocycles. The van der Waals surface area contributed by atoms with Gasteiger partial charge in [0.25, 0.3) is 5.88 Å². The molecule has 0 fully saturated rings. The summed E-state index contributed by atoms with van der Waals surface area (Å²) in [7, 11) is 1.61. The van der Waals surface area contributed by atoms with Crippen molar-refractivity contribution in [2.45, 2.75) is 26.9 Å². The molecular weight excluding hydrogens is 280 g/mol. The van der Waals surface area contributed by atoms with E-state index in [-0.39, 0.29) is 6.10 Å². The van der Waals surface area contributed by atoms with E-state index in [2.05, 4.69) is 15.0 Å². The zero-order valence-electron chi connectivity index (χ0n) is 13.1. The van der Waals surface area contributed by atoms with E-state index in [1.54, 1.807) is 25.7 Å². The third-order valence-electron chi connectivity index (χ3n) is 3.31. The van der Waals surface area contributed by atoms with Crippen molar-refractivity contribution < 1.29 is 9.47 Å². The second kappa shape index (κ2) is 5.63. The predicted molar refractivity (Wildman–Crippen MR) is 83.3 cm³/mol. The maximum Gasteiger partial charge on any atom is 0.258 e. The fraction of sp³-hybridized carbons (Fsp3) is 0.312. The highest BCUT2D eigenvalue weighted by Gasteiger charge is 2.14. The minimum Gasteiger partial charge on any atom is -0.481 e. The molecule has 114 valence electrons. The molecule has 0 radical (unpaired) electrons. The van der Waals surface area contributed by atoms with Crippen molar-refractivity contribution in [1.82, 2.24) is 19.4 Å². The van der Waals surface area contributed by atoms with Crippen LogP contribution in [0.25, 0.3) is 16.9 Å². The van der Waals surface area contributed by atoms with E-state index in [0.717, 1.165) is 16.8 Å². The number of pyridine rings is 1. The highest BCUT2D eigenvalue weighted by atomic mass is 16.5. The van der Waals surface area contributed by atoms with E-state index >= 15 is 0 Å². The van der Waals surface area contributed by atoms with Gasteiger partial charge in [0.2, 0.25) is 11.5 Å². The first-order valence-corrected chi connectivity index (χ1v) is 7.10. The SMILES string of the molecule is COc1cc(C)c(-c2cnc3c(OC(C)C)nccn23)cn1. The molecule has 0 aliphatic heterocycles. The fourth-order valence-electron chi connectivity index (χ4n) is 2.31. The van der Waals surface area contributed by atoms with E-state index in [1.165, 1.54) is 0 Å². The largest absolute Gasteiger partial charge is 0.481 e. The molecule has 3 aromatic rings. The highest BCUT2D eigenvalue weighted by molar-refractivity contribution is 5.68. The summed E-state index contributed by atoms with van der Waals surface area (Å²) in [5.74, 6) is 1.13. The number of hydrogen-bond acceptors (Lipinski definition) is 5. The van der Waals surface area contributed by atoms with Gasteiger partial charge in [0.15, 0.2) is 0 Å². The Bertz CT molecular complexity index is 811. The number of rotatable bonds is 4. The first-order valence-electron chi connectivity index (χ1n) is 7.10. The summed E-state index contributed by atoms with van der Waals surface area (Å²) in [6.45, 7) is 5.95. The monoisotopic (exact) mass is 298 g/mol. The van der Waals surface area contributed by atoms with Crippen molar-refractivity contribution in [1.29, 1.82) is 0 Å². The average molecular weight is 298 g/mol. The van der Waals surface area contributed by atoms with Crippen molar-refractivity contribution in [3.8, 4) is 23.0 Å². The Kier molecular flexibility index (Phi) is 3.66. The third-order valence-corrected chi connectivity index (χ3v) is 3.31. The Morgan fingerprint density at radius 1 is 1.14 bits per heavy atom. The van der Waals surface area contributed by atoms with E-state index in [1.807, 2.05) is 37.4 Å². The summed E-state index contributed by atoms with van der Waals surface area (Å²) in [6, 6.07) is 1.90. The number of hydrogen-bond donors (Lipinski definition) is 0. The standard InChI is InChI=1S/C16H18N4O2/c1-10(2)22-16-15-19-9-13(20(15)6-5-17-16)12-8-18-14(21-4)7-11(12)3/h5-10H,1-4H3. The quantitative estimate of drug-likeness (QED) is 0.741. The Hall–Kier alpha value is -2.63. The van der Waals surface area contributed by atoms with Gasteiger partial charge in [-0.25, -0.2) is 15.0 Å². The molecule has 0 saturated heterocycles. The first kappa shape index (κ1) is 14.3. The summed E-state index contributed by atoms with van der Waals surface area (Å²) < 4.78 is 12.8. The lowest BCUT2D eigenvalue weighted by Crippen LogP contribution is -2.08. The van der Waals surface area contributed by atoms with Gasteiger partial charge in [0.05, 0.1) is 25.1 Å². The van der Waals surface area contributed by atoms with Crippen molar-refractivity contribution in [2.75, 3.05) is 7.11 Å². The number of nitrogens with zero attached hydrogens (tertiary/aromatic N) is 4. The molecule has 0 bridgehead atoms. The smallest absolute Gasteiger partial charge is 0.258 e. The number of aromatic nitrogens is 4. The van der Waals surface area contributed by atoms with Crippen molar-refractivity contribution in [3.63, 3.8) is 0 Å². The van der Waals surface area contributed by atoms with Crippen molar-refractivity contribution in [2.24, 2.45) is 0 Å².